The van der Waals surface area contributed by atoms with E-state index in [0.717, 1.165) is 6.42 Å². The lowest BCUT2D eigenvalue weighted by Crippen LogP contribution is -2.34. The largest absolute Gasteiger partial charge is 0.317 e. The SMILES string of the molecule is CC.CC1=CN(C(C)C)C(=O)CC1. The molecule has 1 rings (SSSR count). The van der Waals surface area contributed by atoms with Gasteiger partial charge in [-0.25, -0.2) is 0 Å². The van der Waals surface area contributed by atoms with Crippen LogP contribution in [0.15, 0.2) is 11.8 Å². The van der Waals surface area contributed by atoms with E-state index in [1.807, 2.05) is 38.8 Å². The summed E-state index contributed by atoms with van der Waals surface area (Å²) in [6.45, 7) is 10.1. The second kappa shape index (κ2) is 5.79. The third kappa shape index (κ3) is 3.62. The Morgan fingerprint density at radius 1 is 1.31 bits per heavy atom. The number of allylic oxidation sites excluding steroid dienone is 1. The molecule has 0 unspecified atom stereocenters. The van der Waals surface area contributed by atoms with Gasteiger partial charge in [0.15, 0.2) is 0 Å². The smallest absolute Gasteiger partial charge is 0.227 e. The summed E-state index contributed by atoms with van der Waals surface area (Å²) in [5.74, 6) is 0.255. The number of carbonyl (C=O) groups is 1. The number of hydrogen-bond donors (Lipinski definition) is 0. The van der Waals surface area contributed by atoms with Crippen LogP contribution in [-0.2, 0) is 4.79 Å². The molecular formula is C11H21NO. The fourth-order valence-corrected chi connectivity index (χ4v) is 1.24. The van der Waals surface area contributed by atoms with Crippen molar-refractivity contribution >= 4 is 5.91 Å². The first-order chi connectivity index (χ1) is 6.11. The average Bonchev–Trinajstić information content (AvgIpc) is 2.12. The molecule has 1 heterocycles. The van der Waals surface area contributed by atoms with Crippen LogP contribution in [0.5, 0.6) is 0 Å². The Morgan fingerprint density at radius 3 is 2.23 bits per heavy atom. The van der Waals surface area contributed by atoms with Gasteiger partial charge in [-0.3, -0.25) is 4.79 Å². The van der Waals surface area contributed by atoms with Gasteiger partial charge in [0.1, 0.15) is 0 Å². The Bertz CT molecular complexity index is 194. The summed E-state index contributed by atoms with van der Waals surface area (Å²) in [4.78, 5) is 13.1. The molecule has 2 heteroatoms. The minimum Gasteiger partial charge on any atom is -0.317 e. The minimum absolute atomic E-state index is 0.255. The zero-order valence-electron chi connectivity index (χ0n) is 9.42. The van der Waals surface area contributed by atoms with Crippen molar-refractivity contribution in [2.45, 2.75) is 53.5 Å². The van der Waals surface area contributed by atoms with E-state index in [-0.39, 0.29) is 5.91 Å². The highest BCUT2D eigenvalue weighted by molar-refractivity contribution is 5.79. The van der Waals surface area contributed by atoms with E-state index in [9.17, 15) is 4.79 Å². The van der Waals surface area contributed by atoms with Crippen molar-refractivity contribution in [2.24, 2.45) is 0 Å². The molecule has 0 saturated carbocycles. The van der Waals surface area contributed by atoms with E-state index >= 15 is 0 Å². The van der Waals surface area contributed by atoms with Crippen molar-refractivity contribution in [2.75, 3.05) is 0 Å². The molecule has 0 atom stereocenters. The maximum Gasteiger partial charge on any atom is 0.227 e. The van der Waals surface area contributed by atoms with Gasteiger partial charge in [-0.1, -0.05) is 19.4 Å². The number of carbonyl (C=O) groups excluding carboxylic acids is 1. The highest BCUT2D eigenvalue weighted by atomic mass is 16.2. The molecule has 0 aromatic carbocycles. The summed E-state index contributed by atoms with van der Waals surface area (Å²) in [6, 6.07) is 0.303. The van der Waals surface area contributed by atoms with E-state index in [4.69, 9.17) is 0 Å². The second-order valence-electron chi connectivity index (χ2n) is 3.37. The van der Waals surface area contributed by atoms with Gasteiger partial charge < -0.3 is 4.90 Å². The van der Waals surface area contributed by atoms with Crippen LogP contribution in [0.2, 0.25) is 0 Å². The van der Waals surface area contributed by atoms with Crippen LogP contribution < -0.4 is 0 Å². The Hall–Kier alpha value is -0.790. The number of nitrogens with zero attached hydrogens (tertiary/aromatic N) is 1. The first-order valence-corrected chi connectivity index (χ1v) is 5.09. The summed E-state index contributed by atoms with van der Waals surface area (Å²) in [7, 11) is 0. The first-order valence-electron chi connectivity index (χ1n) is 5.09. The van der Waals surface area contributed by atoms with Gasteiger partial charge in [0.05, 0.1) is 0 Å². The van der Waals surface area contributed by atoms with Crippen molar-refractivity contribution in [1.29, 1.82) is 0 Å². The van der Waals surface area contributed by atoms with Crippen molar-refractivity contribution in [3.05, 3.63) is 11.8 Å². The predicted molar refractivity (Wildman–Crippen MR) is 56.3 cm³/mol. The monoisotopic (exact) mass is 183 g/mol. The van der Waals surface area contributed by atoms with Gasteiger partial charge >= 0.3 is 0 Å². The molecule has 0 aromatic rings. The van der Waals surface area contributed by atoms with Crippen molar-refractivity contribution < 1.29 is 4.79 Å². The molecule has 0 spiro atoms. The van der Waals surface area contributed by atoms with Crippen LogP contribution in [0.25, 0.3) is 0 Å². The Morgan fingerprint density at radius 2 is 1.85 bits per heavy atom. The van der Waals surface area contributed by atoms with E-state index in [1.165, 1.54) is 5.57 Å². The highest BCUT2D eigenvalue weighted by Crippen LogP contribution is 2.16. The molecule has 0 aliphatic carbocycles. The van der Waals surface area contributed by atoms with Gasteiger partial charge in [-0.05, 0) is 27.2 Å². The summed E-state index contributed by atoms with van der Waals surface area (Å²) < 4.78 is 0. The van der Waals surface area contributed by atoms with E-state index in [0.29, 0.717) is 12.5 Å². The first kappa shape index (κ1) is 12.2. The molecule has 13 heavy (non-hydrogen) atoms. The quantitative estimate of drug-likeness (QED) is 0.612. The van der Waals surface area contributed by atoms with Gasteiger partial charge in [0.25, 0.3) is 0 Å². The molecule has 0 aromatic heterocycles. The Balaban J connectivity index is 0.000000671. The third-order valence-electron chi connectivity index (χ3n) is 1.94. The summed E-state index contributed by atoms with van der Waals surface area (Å²) in [5, 5.41) is 0. The Labute approximate surface area is 81.6 Å². The number of rotatable bonds is 1. The second-order valence-corrected chi connectivity index (χ2v) is 3.37. The van der Waals surface area contributed by atoms with Gasteiger partial charge in [-0.15, -0.1) is 0 Å². The zero-order chi connectivity index (χ0) is 10.4. The van der Waals surface area contributed by atoms with E-state index in [1.54, 1.807) is 0 Å². The summed E-state index contributed by atoms with van der Waals surface area (Å²) in [5.41, 5.74) is 1.30. The normalized spacial score (nSPS) is 16.6. The third-order valence-corrected chi connectivity index (χ3v) is 1.94. The fraction of sp³-hybridized carbons (Fsp3) is 0.727. The van der Waals surface area contributed by atoms with Crippen LogP contribution in [0.3, 0.4) is 0 Å². The lowest BCUT2D eigenvalue weighted by Gasteiger charge is -2.27. The molecule has 1 aliphatic heterocycles. The number of amides is 1. The van der Waals surface area contributed by atoms with Crippen LogP contribution in [0.4, 0.5) is 0 Å². The van der Waals surface area contributed by atoms with Crippen LogP contribution in [-0.4, -0.2) is 16.8 Å². The van der Waals surface area contributed by atoms with E-state index < -0.39 is 0 Å². The fourth-order valence-electron chi connectivity index (χ4n) is 1.24. The molecule has 2 nitrogen and oxygen atoms in total. The topological polar surface area (TPSA) is 20.3 Å². The maximum absolute atomic E-state index is 11.3. The molecule has 0 fully saturated rings. The molecule has 0 radical (unpaired) electrons. The average molecular weight is 183 g/mol. The Kier molecular flexibility index (Phi) is 5.44. The molecule has 76 valence electrons. The van der Waals surface area contributed by atoms with Crippen LogP contribution in [0.1, 0.15) is 47.5 Å². The van der Waals surface area contributed by atoms with Crippen LogP contribution in [0, 0.1) is 0 Å². The minimum atomic E-state index is 0.255. The molecule has 1 aliphatic rings. The maximum atomic E-state index is 11.3. The van der Waals surface area contributed by atoms with Crippen LogP contribution >= 0.6 is 0 Å². The lowest BCUT2D eigenvalue weighted by molar-refractivity contribution is -0.130. The van der Waals surface area contributed by atoms with Crippen molar-refractivity contribution in [3.63, 3.8) is 0 Å². The molecular weight excluding hydrogens is 162 g/mol. The van der Waals surface area contributed by atoms with Gasteiger partial charge in [0.2, 0.25) is 5.91 Å². The van der Waals surface area contributed by atoms with Gasteiger partial charge in [-0.2, -0.15) is 0 Å². The predicted octanol–water partition coefficient (Wildman–Crippen LogP) is 2.95. The van der Waals surface area contributed by atoms with Gasteiger partial charge in [0, 0.05) is 18.7 Å². The standard InChI is InChI=1S/C9H15NO.C2H6/c1-7(2)10-6-8(3)4-5-9(10)11;1-2/h6-7H,4-5H2,1-3H3;1-2H3. The van der Waals surface area contributed by atoms with Crippen molar-refractivity contribution in [3.8, 4) is 0 Å². The lowest BCUT2D eigenvalue weighted by atomic mass is 10.1. The molecule has 0 N–H and O–H groups in total. The number of hydrogen-bond acceptors (Lipinski definition) is 1. The van der Waals surface area contributed by atoms with E-state index in [2.05, 4.69) is 6.92 Å². The zero-order valence-corrected chi connectivity index (χ0v) is 9.42. The highest BCUT2D eigenvalue weighted by Gasteiger charge is 2.18. The summed E-state index contributed by atoms with van der Waals surface area (Å²) in [6.07, 6.45) is 3.58. The summed E-state index contributed by atoms with van der Waals surface area (Å²) >= 11 is 0. The molecule has 0 saturated heterocycles. The molecule has 0 bridgehead atoms. The van der Waals surface area contributed by atoms with Crippen molar-refractivity contribution in [1.82, 2.24) is 4.90 Å². The molecule has 1 amide bonds.